The van der Waals surface area contributed by atoms with Crippen LogP contribution < -0.4 is 4.90 Å². The van der Waals surface area contributed by atoms with E-state index in [2.05, 4.69) is 4.98 Å². The highest BCUT2D eigenvalue weighted by atomic mass is 35.5. The van der Waals surface area contributed by atoms with E-state index in [0.717, 1.165) is 11.0 Å². The molecule has 0 bridgehead atoms. The molecule has 0 aliphatic carbocycles. The summed E-state index contributed by atoms with van der Waals surface area (Å²) in [7, 11) is 0. The van der Waals surface area contributed by atoms with Gasteiger partial charge in [0.1, 0.15) is 11.9 Å². The largest absolute Gasteiger partial charge is 0.480 e. The van der Waals surface area contributed by atoms with E-state index in [0.29, 0.717) is 6.20 Å². The Bertz CT molecular complexity index is 577. The first-order valence-electron chi connectivity index (χ1n) is 5.49. The Morgan fingerprint density at radius 1 is 1.50 bits per heavy atom. The zero-order valence-corrected chi connectivity index (χ0v) is 10.6. The molecule has 2 rings (SSSR count). The molecule has 1 aromatic heterocycles. The lowest BCUT2D eigenvalue weighted by Gasteiger charge is -2.21. The molecule has 1 aliphatic heterocycles. The van der Waals surface area contributed by atoms with E-state index in [9.17, 15) is 22.8 Å². The van der Waals surface area contributed by atoms with Gasteiger partial charge in [0.15, 0.2) is 0 Å². The number of carboxylic acid groups (broad SMARTS) is 1. The highest BCUT2D eigenvalue weighted by Gasteiger charge is 2.39. The molecule has 108 valence electrons. The van der Waals surface area contributed by atoms with E-state index in [1.54, 1.807) is 0 Å². The molecule has 1 amide bonds. The van der Waals surface area contributed by atoms with Gasteiger partial charge in [0.05, 0.1) is 10.6 Å². The minimum atomic E-state index is -4.66. The fourth-order valence-electron chi connectivity index (χ4n) is 1.97. The zero-order chi connectivity index (χ0) is 15.1. The molecular formula is C11H8ClF3N2O3. The van der Waals surface area contributed by atoms with Crippen molar-refractivity contribution >= 4 is 29.3 Å². The van der Waals surface area contributed by atoms with Crippen molar-refractivity contribution in [1.29, 1.82) is 0 Å². The first-order valence-corrected chi connectivity index (χ1v) is 5.87. The molecule has 0 spiro atoms. The van der Waals surface area contributed by atoms with E-state index in [1.165, 1.54) is 0 Å². The number of anilines is 1. The summed E-state index contributed by atoms with van der Waals surface area (Å²) in [5.41, 5.74) is -1.14. The Balaban J connectivity index is 2.41. The molecule has 0 radical (unpaired) electrons. The first-order chi connectivity index (χ1) is 9.21. The summed E-state index contributed by atoms with van der Waals surface area (Å²) in [6.07, 6.45) is -4.10. The monoisotopic (exact) mass is 308 g/mol. The first kappa shape index (κ1) is 14.6. The smallest absolute Gasteiger partial charge is 0.419 e. The van der Waals surface area contributed by atoms with Gasteiger partial charge in [-0.1, -0.05) is 11.6 Å². The number of nitrogens with zero attached hydrogens (tertiary/aromatic N) is 2. The molecule has 1 aromatic rings. The summed E-state index contributed by atoms with van der Waals surface area (Å²) < 4.78 is 37.6. The third-order valence-corrected chi connectivity index (χ3v) is 3.20. The summed E-state index contributed by atoms with van der Waals surface area (Å²) in [5.74, 6) is -1.95. The molecule has 1 fully saturated rings. The Labute approximate surface area is 116 Å². The maximum absolute atomic E-state index is 12.5. The number of carboxylic acids is 1. The van der Waals surface area contributed by atoms with Crippen molar-refractivity contribution in [3.8, 4) is 0 Å². The van der Waals surface area contributed by atoms with Crippen LogP contribution in [0.3, 0.4) is 0 Å². The topological polar surface area (TPSA) is 70.5 Å². The van der Waals surface area contributed by atoms with Crippen molar-refractivity contribution in [3.05, 3.63) is 22.8 Å². The lowest BCUT2D eigenvalue weighted by atomic mass is 10.2. The molecule has 20 heavy (non-hydrogen) atoms. The lowest BCUT2D eigenvalue weighted by molar-refractivity contribution is -0.139. The number of alkyl halides is 3. The lowest BCUT2D eigenvalue weighted by Crippen LogP contribution is -2.39. The number of halogens is 4. The van der Waals surface area contributed by atoms with E-state index in [-0.39, 0.29) is 18.7 Å². The molecule has 9 heteroatoms. The number of hydrogen-bond acceptors (Lipinski definition) is 3. The SMILES string of the molecule is O=C(O)C1CCC(=O)N1c1cc(Cl)c(C(F)(F)F)cn1. The van der Waals surface area contributed by atoms with Gasteiger partial charge in [-0.05, 0) is 6.42 Å². The van der Waals surface area contributed by atoms with Gasteiger partial charge in [0.25, 0.3) is 0 Å². The average molecular weight is 309 g/mol. The predicted octanol–water partition coefficient (Wildman–Crippen LogP) is 2.33. The number of carbonyl (C=O) groups excluding carboxylic acids is 1. The van der Waals surface area contributed by atoms with Crippen LogP contribution in [0.5, 0.6) is 0 Å². The van der Waals surface area contributed by atoms with Crippen molar-refractivity contribution in [2.45, 2.75) is 25.1 Å². The van der Waals surface area contributed by atoms with Crippen LogP contribution in [-0.2, 0) is 15.8 Å². The van der Waals surface area contributed by atoms with Crippen LogP contribution >= 0.6 is 11.6 Å². The highest BCUT2D eigenvalue weighted by molar-refractivity contribution is 6.31. The fourth-order valence-corrected chi connectivity index (χ4v) is 2.22. The standard InChI is InChI=1S/C11H8ClF3N2O3/c12-6-3-8(16-4-5(6)11(13,14)15)17-7(10(19)20)1-2-9(17)18/h3-4,7H,1-2H2,(H,19,20). The number of amides is 1. The molecule has 1 N–H and O–H groups in total. The van der Waals surface area contributed by atoms with Gasteiger partial charge in [-0.3, -0.25) is 9.69 Å². The second kappa shape index (κ2) is 4.93. The summed E-state index contributed by atoms with van der Waals surface area (Å²) in [4.78, 5) is 27.0. The molecule has 1 aliphatic rings. The van der Waals surface area contributed by atoms with Gasteiger partial charge in [-0.25, -0.2) is 9.78 Å². The summed E-state index contributed by atoms with van der Waals surface area (Å²) in [6, 6.07) is -0.286. The van der Waals surface area contributed by atoms with Crippen molar-refractivity contribution in [2.24, 2.45) is 0 Å². The Morgan fingerprint density at radius 2 is 2.15 bits per heavy atom. The van der Waals surface area contributed by atoms with E-state index < -0.39 is 34.7 Å². The molecule has 5 nitrogen and oxygen atoms in total. The highest BCUT2D eigenvalue weighted by Crippen LogP contribution is 2.36. The van der Waals surface area contributed by atoms with Crippen molar-refractivity contribution in [1.82, 2.24) is 4.98 Å². The number of rotatable bonds is 2. The summed E-state index contributed by atoms with van der Waals surface area (Å²) >= 11 is 5.52. The quantitative estimate of drug-likeness (QED) is 0.910. The third-order valence-electron chi connectivity index (χ3n) is 2.89. The number of carbonyl (C=O) groups is 2. The molecule has 1 unspecified atom stereocenters. The number of pyridine rings is 1. The van der Waals surface area contributed by atoms with Gasteiger partial charge in [0.2, 0.25) is 5.91 Å². The van der Waals surface area contributed by atoms with Crippen LogP contribution in [0.2, 0.25) is 5.02 Å². The summed E-state index contributed by atoms with van der Waals surface area (Å²) in [5, 5.41) is 8.35. The van der Waals surface area contributed by atoms with Crippen LogP contribution in [-0.4, -0.2) is 28.0 Å². The fraction of sp³-hybridized carbons (Fsp3) is 0.364. The van der Waals surface area contributed by atoms with Crippen molar-refractivity contribution in [3.63, 3.8) is 0 Å². The van der Waals surface area contributed by atoms with Gasteiger partial charge in [0, 0.05) is 18.7 Å². The Kier molecular flexibility index (Phi) is 3.59. The molecule has 1 saturated heterocycles. The molecule has 0 aromatic carbocycles. The van der Waals surface area contributed by atoms with Crippen LogP contribution in [0.15, 0.2) is 12.3 Å². The number of hydrogen-bond donors (Lipinski definition) is 1. The molecular weight excluding hydrogens is 301 g/mol. The van der Waals surface area contributed by atoms with Crippen molar-refractivity contribution in [2.75, 3.05) is 4.90 Å². The molecule has 1 atom stereocenters. The average Bonchev–Trinajstić information content (AvgIpc) is 2.69. The van der Waals surface area contributed by atoms with E-state index >= 15 is 0 Å². The second-order valence-corrected chi connectivity index (χ2v) is 4.58. The molecule has 2 heterocycles. The maximum Gasteiger partial charge on any atom is 0.419 e. The predicted molar refractivity (Wildman–Crippen MR) is 62.4 cm³/mol. The third kappa shape index (κ3) is 2.55. The second-order valence-electron chi connectivity index (χ2n) is 4.18. The zero-order valence-electron chi connectivity index (χ0n) is 9.82. The van der Waals surface area contributed by atoms with Crippen LogP contribution in [0.25, 0.3) is 0 Å². The van der Waals surface area contributed by atoms with Crippen LogP contribution in [0.4, 0.5) is 19.0 Å². The normalized spacial score (nSPS) is 19.5. The summed E-state index contributed by atoms with van der Waals surface area (Å²) in [6.45, 7) is 0. The van der Waals surface area contributed by atoms with E-state index in [4.69, 9.17) is 16.7 Å². The van der Waals surface area contributed by atoms with Gasteiger partial charge >= 0.3 is 12.1 Å². The van der Waals surface area contributed by atoms with E-state index in [1.807, 2.05) is 0 Å². The maximum atomic E-state index is 12.5. The number of aliphatic carboxylic acids is 1. The molecule has 0 saturated carbocycles. The van der Waals surface area contributed by atoms with Crippen molar-refractivity contribution < 1.29 is 27.9 Å². The van der Waals surface area contributed by atoms with Gasteiger partial charge in [-0.2, -0.15) is 13.2 Å². The van der Waals surface area contributed by atoms with Crippen LogP contribution in [0, 0.1) is 0 Å². The Morgan fingerprint density at radius 3 is 2.65 bits per heavy atom. The minimum absolute atomic E-state index is 0.00269. The number of aromatic nitrogens is 1. The van der Waals surface area contributed by atoms with Gasteiger partial charge < -0.3 is 5.11 Å². The van der Waals surface area contributed by atoms with Crippen LogP contribution in [0.1, 0.15) is 18.4 Å². The minimum Gasteiger partial charge on any atom is -0.480 e. The van der Waals surface area contributed by atoms with Gasteiger partial charge in [-0.15, -0.1) is 0 Å². The Hall–Kier alpha value is -1.83.